The molecule has 0 unspecified atom stereocenters. The number of hydrogen-bond donors (Lipinski definition) is 3. The average molecular weight is 288 g/mol. The molecule has 1 rings (SSSR count). The van der Waals surface area contributed by atoms with Crippen molar-refractivity contribution in [3.8, 4) is 0 Å². The van der Waals surface area contributed by atoms with Crippen LogP contribution in [0.4, 0.5) is 5.69 Å². The SMILES string of the molecule is CCNS(=O)(=O)CCNc1cnccc1C(N)=S. The maximum absolute atomic E-state index is 11.4. The Morgan fingerprint density at radius 3 is 2.89 bits per heavy atom. The van der Waals surface area contributed by atoms with Gasteiger partial charge in [-0.1, -0.05) is 19.1 Å². The number of nitrogens with two attached hydrogens (primary N) is 1. The molecule has 0 saturated carbocycles. The number of sulfonamides is 1. The van der Waals surface area contributed by atoms with Gasteiger partial charge in [-0.15, -0.1) is 0 Å². The minimum atomic E-state index is -3.23. The lowest BCUT2D eigenvalue weighted by Crippen LogP contribution is -2.29. The minimum Gasteiger partial charge on any atom is -0.389 e. The average Bonchev–Trinajstić information content (AvgIpc) is 2.29. The van der Waals surface area contributed by atoms with E-state index in [2.05, 4.69) is 15.0 Å². The molecule has 0 aliphatic rings. The second-order valence-corrected chi connectivity index (χ2v) is 5.90. The van der Waals surface area contributed by atoms with Gasteiger partial charge in [0.25, 0.3) is 0 Å². The molecule has 4 N–H and O–H groups in total. The quantitative estimate of drug-likeness (QED) is 0.614. The van der Waals surface area contributed by atoms with Crippen molar-refractivity contribution in [3.05, 3.63) is 24.0 Å². The molecule has 0 aromatic carbocycles. The van der Waals surface area contributed by atoms with Gasteiger partial charge < -0.3 is 11.1 Å². The van der Waals surface area contributed by atoms with Crippen molar-refractivity contribution in [2.45, 2.75) is 6.92 Å². The highest BCUT2D eigenvalue weighted by molar-refractivity contribution is 7.89. The third-order valence-electron chi connectivity index (χ3n) is 2.14. The van der Waals surface area contributed by atoms with Gasteiger partial charge in [0.05, 0.1) is 17.6 Å². The van der Waals surface area contributed by atoms with E-state index in [4.69, 9.17) is 18.0 Å². The predicted molar refractivity (Wildman–Crippen MR) is 76.1 cm³/mol. The number of hydrogen-bond acceptors (Lipinski definition) is 5. The Morgan fingerprint density at radius 2 is 2.28 bits per heavy atom. The normalized spacial score (nSPS) is 11.2. The van der Waals surface area contributed by atoms with Crippen LogP contribution in [0.25, 0.3) is 0 Å². The van der Waals surface area contributed by atoms with Crippen LogP contribution in [0.3, 0.4) is 0 Å². The lowest BCUT2D eigenvalue weighted by atomic mass is 10.2. The smallest absolute Gasteiger partial charge is 0.213 e. The van der Waals surface area contributed by atoms with Crippen LogP contribution in [-0.4, -0.2) is 37.2 Å². The highest BCUT2D eigenvalue weighted by atomic mass is 32.2. The predicted octanol–water partition coefficient (Wildman–Crippen LogP) is 0.0670. The van der Waals surface area contributed by atoms with E-state index in [-0.39, 0.29) is 17.3 Å². The molecule has 1 heterocycles. The second-order valence-electron chi connectivity index (χ2n) is 3.53. The largest absolute Gasteiger partial charge is 0.389 e. The molecule has 0 atom stereocenters. The first-order valence-corrected chi connectivity index (χ1v) is 7.47. The molecule has 8 heteroatoms. The lowest BCUT2D eigenvalue weighted by Gasteiger charge is -2.10. The number of nitrogens with one attached hydrogen (secondary N) is 2. The molecule has 0 saturated heterocycles. The Hall–Kier alpha value is -1.25. The number of aromatic nitrogens is 1. The molecule has 100 valence electrons. The lowest BCUT2D eigenvalue weighted by molar-refractivity contribution is 0.584. The van der Waals surface area contributed by atoms with E-state index in [1.807, 2.05) is 0 Å². The molecule has 1 aromatic heterocycles. The van der Waals surface area contributed by atoms with Gasteiger partial charge >= 0.3 is 0 Å². The highest BCUT2D eigenvalue weighted by Gasteiger charge is 2.09. The van der Waals surface area contributed by atoms with E-state index in [0.29, 0.717) is 17.8 Å². The van der Waals surface area contributed by atoms with Crippen LogP contribution in [0.1, 0.15) is 12.5 Å². The molecular weight excluding hydrogens is 272 g/mol. The maximum atomic E-state index is 11.4. The minimum absolute atomic E-state index is 0.0213. The highest BCUT2D eigenvalue weighted by Crippen LogP contribution is 2.12. The molecule has 1 aromatic rings. The van der Waals surface area contributed by atoms with Crippen LogP contribution in [-0.2, 0) is 10.0 Å². The van der Waals surface area contributed by atoms with Crippen LogP contribution in [0.15, 0.2) is 18.5 Å². The Morgan fingerprint density at radius 1 is 1.56 bits per heavy atom. The summed E-state index contributed by atoms with van der Waals surface area (Å²) in [5, 5.41) is 2.96. The van der Waals surface area contributed by atoms with E-state index < -0.39 is 10.0 Å². The summed E-state index contributed by atoms with van der Waals surface area (Å²) in [7, 11) is -3.23. The third kappa shape index (κ3) is 4.55. The van der Waals surface area contributed by atoms with Crippen molar-refractivity contribution >= 4 is 32.9 Å². The number of rotatable bonds is 7. The van der Waals surface area contributed by atoms with Gasteiger partial charge in [0.15, 0.2) is 0 Å². The van der Waals surface area contributed by atoms with E-state index in [0.717, 1.165) is 0 Å². The van der Waals surface area contributed by atoms with Gasteiger partial charge in [-0.25, -0.2) is 13.1 Å². The van der Waals surface area contributed by atoms with Crippen LogP contribution in [0, 0.1) is 0 Å². The maximum Gasteiger partial charge on any atom is 0.213 e. The van der Waals surface area contributed by atoms with Gasteiger partial charge in [0.1, 0.15) is 4.99 Å². The standard InChI is InChI=1S/C10H16N4O2S2/c1-2-14-18(15,16)6-5-13-9-7-12-4-3-8(9)10(11)17/h3-4,7,13-14H,2,5-6H2,1H3,(H2,11,17). The van der Waals surface area contributed by atoms with Gasteiger partial charge in [0.2, 0.25) is 10.0 Å². The summed E-state index contributed by atoms with van der Waals surface area (Å²) in [4.78, 5) is 4.18. The zero-order valence-corrected chi connectivity index (χ0v) is 11.6. The fourth-order valence-corrected chi connectivity index (χ4v) is 2.50. The molecule has 0 fully saturated rings. The molecular formula is C10H16N4O2S2. The van der Waals surface area contributed by atoms with Gasteiger partial charge in [0, 0.05) is 24.8 Å². The number of thiocarbonyl (C=S) groups is 1. The first-order valence-electron chi connectivity index (χ1n) is 5.41. The molecule has 0 aliphatic carbocycles. The Labute approximate surface area is 112 Å². The van der Waals surface area contributed by atoms with Crippen molar-refractivity contribution in [2.75, 3.05) is 24.2 Å². The monoisotopic (exact) mass is 288 g/mol. The summed E-state index contributed by atoms with van der Waals surface area (Å²) in [6.45, 7) is 2.38. The second kappa shape index (κ2) is 6.62. The number of anilines is 1. The summed E-state index contributed by atoms with van der Waals surface area (Å²) in [5.74, 6) is -0.0213. The zero-order valence-electron chi connectivity index (χ0n) is 10.0. The molecule has 0 bridgehead atoms. The van der Waals surface area contributed by atoms with Gasteiger partial charge in [-0.2, -0.15) is 0 Å². The summed E-state index contributed by atoms with van der Waals surface area (Å²) in [5.41, 5.74) is 6.84. The Bertz CT molecular complexity index is 516. The first kappa shape index (κ1) is 14.8. The summed E-state index contributed by atoms with van der Waals surface area (Å²) >= 11 is 4.89. The number of nitrogens with zero attached hydrogens (tertiary/aromatic N) is 1. The Kier molecular flexibility index (Phi) is 5.45. The van der Waals surface area contributed by atoms with E-state index in [9.17, 15) is 8.42 Å². The fourth-order valence-electron chi connectivity index (χ4n) is 1.36. The molecule has 0 amide bonds. The topological polar surface area (TPSA) is 97.1 Å². The van der Waals surface area contributed by atoms with Crippen molar-refractivity contribution in [1.82, 2.24) is 9.71 Å². The van der Waals surface area contributed by atoms with Crippen molar-refractivity contribution in [3.63, 3.8) is 0 Å². The molecule has 0 spiro atoms. The fraction of sp³-hybridized carbons (Fsp3) is 0.400. The van der Waals surface area contributed by atoms with Gasteiger partial charge in [-0.3, -0.25) is 4.98 Å². The molecule has 6 nitrogen and oxygen atoms in total. The summed E-state index contributed by atoms with van der Waals surface area (Å²) in [6.07, 6.45) is 3.14. The van der Waals surface area contributed by atoms with Crippen LogP contribution >= 0.6 is 12.2 Å². The molecule has 18 heavy (non-hydrogen) atoms. The first-order chi connectivity index (χ1) is 8.46. The van der Waals surface area contributed by atoms with Crippen LogP contribution in [0.5, 0.6) is 0 Å². The third-order valence-corrected chi connectivity index (χ3v) is 3.83. The number of pyridine rings is 1. The van der Waals surface area contributed by atoms with E-state index in [1.165, 1.54) is 0 Å². The summed E-state index contributed by atoms with van der Waals surface area (Å²) < 4.78 is 25.3. The molecule has 0 aliphatic heterocycles. The van der Waals surface area contributed by atoms with Crippen LogP contribution in [0.2, 0.25) is 0 Å². The van der Waals surface area contributed by atoms with Crippen LogP contribution < -0.4 is 15.8 Å². The van der Waals surface area contributed by atoms with Crippen molar-refractivity contribution in [2.24, 2.45) is 5.73 Å². The van der Waals surface area contributed by atoms with Crippen molar-refractivity contribution in [1.29, 1.82) is 0 Å². The van der Waals surface area contributed by atoms with Gasteiger partial charge in [-0.05, 0) is 6.07 Å². The zero-order chi connectivity index (χ0) is 13.6. The van der Waals surface area contributed by atoms with E-state index >= 15 is 0 Å². The summed E-state index contributed by atoms with van der Waals surface area (Å²) in [6, 6.07) is 1.68. The molecule has 0 radical (unpaired) electrons. The Balaban J connectivity index is 2.62. The van der Waals surface area contributed by atoms with Crippen molar-refractivity contribution < 1.29 is 8.42 Å². The van der Waals surface area contributed by atoms with E-state index in [1.54, 1.807) is 25.4 Å².